The van der Waals surface area contributed by atoms with E-state index >= 15 is 0 Å². The largest absolute Gasteiger partial charge is 0.320 e. The average molecular weight is 392 g/mol. The van der Waals surface area contributed by atoms with E-state index in [1.54, 1.807) is 0 Å². The molecular weight excluding hydrogens is 387 g/mol. The van der Waals surface area contributed by atoms with E-state index in [1.165, 1.54) is 12.3 Å². The number of pyridine rings is 2. The molecule has 1 amide bonds. The number of hydrogen-bond acceptors (Lipinski definition) is 5. The first-order chi connectivity index (χ1) is 9.88. The van der Waals surface area contributed by atoms with Gasteiger partial charge in [-0.15, -0.1) is 0 Å². The maximum atomic E-state index is 12.1. The Kier molecular flexibility index (Phi) is 4.71. The van der Waals surface area contributed by atoms with Crippen LogP contribution in [0.15, 0.2) is 29.0 Å². The molecule has 0 unspecified atom stereocenters. The highest BCUT2D eigenvalue weighted by atomic mass is 79.9. The quantitative estimate of drug-likeness (QED) is 0.488. The minimum atomic E-state index is -0.666. The first-order valence-electron chi connectivity index (χ1n) is 5.31. The highest BCUT2D eigenvalue weighted by Crippen LogP contribution is 2.24. The molecule has 0 bridgehead atoms. The zero-order valence-corrected chi connectivity index (χ0v) is 13.1. The second kappa shape index (κ2) is 6.33. The summed E-state index contributed by atoms with van der Waals surface area (Å²) in [7, 11) is 0. The first-order valence-corrected chi connectivity index (χ1v) is 6.85. The van der Waals surface area contributed by atoms with Crippen molar-refractivity contribution < 1.29 is 9.72 Å². The highest BCUT2D eigenvalue weighted by Gasteiger charge is 2.17. The zero-order chi connectivity index (χ0) is 15.6. The van der Waals surface area contributed by atoms with Gasteiger partial charge < -0.3 is 5.32 Å². The second-order valence-corrected chi connectivity index (χ2v) is 5.31. The lowest BCUT2D eigenvalue weighted by atomic mass is 10.2. The Balaban J connectivity index is 2.29. The van der Waals surface area contributed by atoms with Gasteiger partial charge in [-0.2, -0.15) is 0 Å². The van der Waals surface area contributed by atoms with Crippen LogP contribution < -0.4 is 5.32 Å². The van der Waals surface area contributed by atoms with Gasteiger partial charge in [0.15, 0.2) is 0 Å². The SMILES string of the molecule is O=C(Nc1cnc(Cl)c(Br)c1)c1cc([N+](=O)[O-])cnc1Cl. The number of anilines is 1. The summed E-state index contributed by atoms with van der Waals surface area (Å²) in [4.78, 5) is 29.5. The summed E-state index contributed by atoms with van der Waals surface area (Å²) in [6.07, 6.45) is 2.31. The van der Waals surface area contributed by atoms with Crippen LogP contribution in [0.1, 0.15) is 10.4 Å². The highest BCUT2D eigenvalue weighted by molar-refractivity contribution is 9.10. The molecule has 0 aliphatic rings. The van der Waals surface area contributed by atoms with Crippen LogP contribution in [0.2, 0.25) is 10.3 Å². The van der Waals surface area contributed by atoms with Crippen LogP contribution in [0.3, 0.4) is 0 Å². The Bertz CT molecular complexity index is 741. The first kappa shape index (κ1) is 15.6. The number of halogens is 3. The fourth-order valence-corrected chi connectivity index (χ4v) is 2.03. The molecule has 0 aromatic carbocycles. The van der Waals surface area contributed by atoms with Crippen molar-refractivity contribution in [2.75, 3.05) is 5.32 Å². The minimum absolute atomic E-state index is 0.114. The molecule has 0 spiro atoms. The van der Waals surface area contributed by atoms with Crippen molar-refractivity contribution in [3.63, 3.8) is 0 Å². The van der Waals surface area contributed by atoms with Gasteiger partial charge in [-0.05, 0) is 22.0 Å². The molecule has 108 valence electrons. The smallest absolute Gasteiger partial charge is 0.288 e. The number of nitro groups is 1. The van der Waals surface area contributed by atoms with Crippen LogP contribution in [0, 0.1) is 10.1 Å². The molecule has 0 aliphatic carbocycles. The van der Waals surface area contributed by atoms with Gasteiger partial charge in [0.05, 0.1) is 26.8 Å². The lowest BCUT2D eigenvalue weighted by Gasteiger charge is -2.06. The predicted octanol–water partition coefficient (Wildman–Crippen LogP) is 3.71. The Labute approximate surface area is 136 Å². The third-order valence-electron chi connectivity index (χ3n) is 2.33. The van der Waals surface area contributed by atoms with Crippen LogP contribution in [0.5, 0.6) is 0 Å². The maximum Gasteiger partial charge on any atom is 0.288 e. The molecule has 0 atom stereocenters. The number of nitrogens with zero attached hydrogens (tertiary/aromatic N) is 3. The van der Waals surface area contributed by atoms with Crippen molar-refractivity contribution in [2.24, 2.45) is 0 Å². The van der Waals surface area contributed by atoms with Crippen LogP contribution >= 0.6 is 39.1 Å². The van der Waals surface area contributed by atoms with Crippen molar-refractivity contribution in [1.82, 2.24) is 9.97 Å². The van der Waals surface area contributed by atoms with Gasteiger partial charge in [0.2, 0.25) is 0 Å². The van der Waals surface area contributed by atoms with E-state index in [0.717, 1.165) is 12.3 Å². The summed E-state index contributed by atoms with van der Waals surface area (Å²) in [5, 5.41) is 13.3. The molecule has 2 rings (SSSR count). The minimum Gasteiger partial charge on any atom is -0.320 e. The number of hydrogen-bond donors (Lipinski definition) is 1. The standard InChI is InChI=1S/C11H5BrCl2N4O3/c12-8-1-5(3-15-10(8)14)17-11(19)7-2-6(18(20)21)4-16-9(7)13/h1-4H,(H,17,19). The average Bonchev–Trinajstić information content (AvgIpc) is 2.43. The fourth-order valence-electron chi connectivity index (χ4n) is 1.38. The molecule has 0 saturated carbocycles. The van der Waals surface area contributed by atoms with Crippen molar-refractivity contribution in [3.05, 3.63) is 55.0 Å². The van der Waals surface area contributed by atoms with Crippen molar-refractivity contribution >= 4 is 56.4 Å². The molecular formula is C11H5BrCl2N4O3. The van der Waals surface area contributed by atoms with Gasteiger partial charge in [-0.3, -0.25) is 14.9 Å². The molecule has 0 radical (unpaired) electrons. The Morgan fingerprint density at radius 2 is 1.90 bits per heavy atom. The van der Waals surface area contributed by atoms with E-state index in [1.807, 2.05) is 0 Å². The van der Waals surface area contributed by atoms with Crippen LogP contribution in [-0.4, -0.2) is 20.8 Å². The van der Waals surface area contributed by atoms with Gasteiger partial charge >= 0.3 is 0 Å². The molecule has 10 heteroatoms. The van der Waals surface area contributed by atoms with Crippen molar-refractivity contribution in [3.8, 4) is 0 Å². The zero-order valence-electron chi connectivity index (χ0n) is 10.0. The van der Waals surface area contributed by atoms with E-state index in [-0.39, 0.29) is 21.6 Å². The summed E-state index contributed by atoms with van der Waals surface area (Å²) >= 11 is 14.7. The summed E-state index contributed by atoms with van der Waals surface area (Å²) < 4.78 is 0.491. The number of aromatic nitrogens is 2. The summed E-state index contributed by atoms with van der Waals surface area (Å²) in [6, 6.07) is 2.58. The Hall–Kier alpha value is -1.77. The Morgan fingerprint density at radius 1 is 1.24 bits per heavy atom. The van der Waals surface area contributed by atoms with Gasteiger partial charge in [-0.25, -0.2) is 9.97 Å². The van der Waals surface area contributed by atoms with Gasteiger partial charge in [-0.1, -0.05) is 23.2 Å². The van der Waals surface area contributed by atoms with E-state index in [0.29, 0.717) is 10.2 Å². The third kappa shape index (κ3) is 3.66. The van der Waals surface area contributed by atoms with Crippen LogP contribution in [0.25, 0.3) is 0 Å². The fraction of sp³-hybridized carbons (Fsp3) is 0. The Morgan fingerprint density at radius 3 is 2.52 bits per heavy atom. The van der Waals surface area contributed by atoms with Gasteiger partial charge in [0.1, 0.15) is 16.5 Å². The number of carbonyl (C=O) groups excluding carboxylic acids is 1. The predicted molar refractivity (Wildman–Crippen MR) is 80.8 cm³/mol. The number of amides is 1. The molecule has 2 aromatic heterocycles. The van der Waals surface area contributed by atoms with E-state index in [2.05, 4.69) is 31.2 Å². The lowest BCUT2D eigenvalue weighted by molar-refractivity contribution is -0.385. The summed E-state index contributed by atoms with van der Waals surface area (Å²) in [6.45, 7) is 0. The van der Waals surface area contributed by atoms with E-state index in [9.17, 15) is 14.9 Å². The number of carbonyl (C=O) groups is 1. The third-order valence-corrected chi connectivity index (χ3v) is 3.77. The van der Waals surface area contributed by atoms with Gasteiger partial charge in [0.25, 0.3) is 11.6 Å². The molecule has 7 nitrogen and oxygen atoms in total. The monoisotopic (exact) mass is 390 g/mol. The van der Waals surface area contributed by atoms with E-state index in [4.69, 9.17) is 23.2 Å². The van der Waals surface area contributed by atoms with Crippen molar-refractivity contribution in [1.29, 1.82) is 0 Å². The maximum absolute atomic E-state index is 12.1. The molecule has 2 aromatic rings. The topological polar surface area (TPSA) is 98.0 Å². The molecule has 21 heavy (non-hydrogen) atoms. The van der Waals surface area contributed by atoms with Crippen LogP contribution in [0.4, 0.5) is 11.4 Å². The molecule has 0 aliphatic heterocycles. The lowest BCUT2D eigenvalue weighted by Crippen LogP contribution is -2.13. The van der Waals surface area contributed by atoms with Crippen molar-refractivity contribution in [2.45, 2.75) is 0 Å². The molecule has 0 saturated heterocycles. The summed E-state index contributed by atoms with van der Waals surface area (Å²) in [5.41, 5.74) is -0.101. The normalized spacial score (nSPS) is 10.2. The van der Waals surface area contributed by atoms with E-state index < -0.39 is 10.8 Å². The number of rotatable bonds is 3. The van der Waals surface area contributed by atoms with Gasteiger partial charge in [0, 0.05) is 6.07 Å². The second-order valence-electron chi connectivity index (χ2n) is 3.74. The molecule has 0 fully saturated rings. The number of nitrogens with one attached hydrogen (secondary N) is 1. The summed E-state index contributed by atoms with van der Waals surface area (Å²) in [5.74, 6) is -0.646. The molecule has 2 heterocycles. The van der Waals surface area contributed by atoms with Crippen LogP contribution in [-0.2, 0) is 0 Å². The molecule has 1 N–H and O–H groups in total.